The van der Waals surface area contributed by atoms with Crippen LogP contribution in [0, 0.1) is 0 Å². The van der Waals surface area contributed by atoms with Crippen molar-refractivity contribution in [2.75, 3.05) is 13.7 Å². The van der Waals surface area contributed by atoms with Gasteiger partial charge in [-0.25, -0.2) is 0 Å². The zero-order valence-electron chi connectivity index (χ0n) is 15.1. The first-order valence-electron chi connectivity index (χ1n) is 8.49. The van der Waals surface area contributed by atoms with Gasteiger partial charge in [0.05, 0.1) is 19.6 Å². The van der Waals surface area contributed by atoms with Gasteiger partial charge in [-0.05, 0) is 18.2 Å². The number of carbonyl (C=O) groups excluding carboxylic acids is 2. The van der Waals surface area contributed by atoms with Crippen molar-refractivity contribution in [2.45, 2.75) is 25.9 Å². The second-order valence-corrected chi connectivity index (χ2v) is 6.36. The van der Waals surface area contributed by atoms with Crippen molar-refractivity contribution >= 4 is 11.9 Å². The standard InChI is InChI=1S/C20H18O7/c1-10(21)25-12-4-5-14-17(8-12)24-9-15-13-6-7-16(23-3)20(26-11(2)22)19(13)27-18(14)15/h4-8,15,18H,9H2,1-3H3. The van der Waals surface area contributed by atoms with Gasteiger partial charge in [0.25, 0.3) is 0 Å². The van der Waals surface area contributed by atoms with Gasteiger partial charge in [-0.3, -0.25) is 9.59 Å². The van der Waals surface area contributed by atoms with Crippen LogP contribution in [-0.4, -0.2) is 25.7 Å². The maximum absolute atomic E-state index is 11.5. The zero-order valence-corrected chi connectivity index (χ0v) is 15.1. The molecule has 7 nitrogen and oxygen atoms in total. The Hall–Kier alpha value is -3.22. The fraction of sp³-hybridized carbons (Fsp3) is 0.300. The van der Waals surface area contributed by atoms with Gasteiger partial charge in [-0.15, -0.1) is 0 Å². The van der Waals surface area contributed by atoms with Crippen molar-refractivity contribution in [1.29, 1.82) is 0 Å². The van der Waals surface area contributed by atoms with Crippen molar-refractivity contribution < 1.29 is 33.3 Å². The fourth-order valence-corrected chi connectivity index (χ4v) is 3.49. The highest BCUT2D eigenvalue weighted by Gasteiger charge is 2.43. The van der Waals surface area contributed by atoms with E-state index < -0.39 is 11.9 Å². The number of ether oxygens (including phenoxy) is 5. The van der Waals surface area contributed by atoms with Crippen LogP contribution in [0.2, 0.25) is 0 Å². The Bertz CT molecular complexity index is 934. The smallest absolute Gasteiger partial charge is 0.308 e. The highest BCUT2D eigenvalue weighted by molar-refractivity contribution is 5.73. The lowest BCUT2D eigenvalue weighted by molar-refractivity contribution is -0.133. The second-order valence-electron chi connectivity index (χ2n) is 6.36. The van der Waals surface area contributed by atoms with Crippen molar-refractivity contribution in [3.8, 4) is 28.7 Å². The normalized spacial score (nSPS) is 18.9. The molecular formula is C20H18O7. The van der Waals surface area contributed by atoms with Gasteiger partial charge in [0.15, 0.2) is 11.5 Å². The zero-order chi connectivity index (χ0) is 19.1. The quantitative estimate of drug-likeness (QED) is 0.606. The minimum atomic E-state index is -0.456. The molecule has 2 atom stereocenters. The number of benzene rings is 2. The van der Waals surface area contributed by atoms with Gasteiger partial charge in [0.2, 0.25) is 5.75 Å². The third-order valence-electron chi connectivity index (χ3n) is 4.55. The molecule has 27 heavy (non-hydrogen) atoms. The third kappa shape index (κ3) is 2.95. The van der Waals surface area contributed by atoms with Gasteiger partial charge >= 0.3 is 11.9 Å². The summed E-state index contributed by atoms with van der Waals surface area (Å²) in [7, 11) is 1.51. The molecule has 0 aromatic heterocycles. The largest absolute Gasteiger partial charge is 0.493 e. The maximum atomic E-state index is 11.5. The highest BCUT2D eigenvalue weighted by Crippen LogP contribution is 2.56. The number of hydrogen-bond acceptors (Lipinski definition) is 7. The summed E-state index contributed by atoms with van der Waals surface area (Å²) >= 11 is 0. The van der Waals surface area contributed by atoms with Crippen LogP contribution in [0.15, 0.2) is 30.3 Å². The molecule has 0 aliphatic carbocycles. The Morgan fingerprint density at radius 1 is 1.04 bits per heavy atom. The molecule has 0 fully saturated rings. The van der Waals surface area contributed by atoms with Crippen LogP contribution >= 0.6 is 0 Å². The van der Waals surface area contributed by atoms with E-state index in [1.54, 1.807) is 18.2 Å². The summed E-state index contributed by atoms with van der Waals surface area (Å²) in [4.78, 5) is 22.7. The molecule has 0 saturated heterocycles. The van der Waals surface area contributed by atoms with E-state index in [4.69, 9.17) is 23.7 Å². The summed E-state index contributed by atoms with van der Waals surface area (Å²) in [6, 6.07) is 8.84. The summed E-state index contributed by atoms with van der Waals surface area (Å²) in [6.07, 6.45) is -0.295. The Balaban J connectivity index is 1.73. The van der Waals surface area contributed by atoms with Crippen LogP contribution in [-0.2, 0) is 9.59 Å². The van der Waals surface area contributed by atoms with Crippen molar-refractivity contribution in [3.63, 3.8) is 0 Å². The molecule has 2 aromatic carbocycles. The monoisotopic (exact) mass is 370 g/mol. The number of rotatable bonds is 3. The van der Waals surface area contributed by atoms with Gasteiger partial charge in [0, 0.05) is 31.0 Å². The van der Waals surface area contributed by atoms with E-state index >= 15 is 0 Å². The lowest BCUT2D eigenvalue weighted by Gasteiger charge is -2.28. The van der Waals surface area contributed by atoms with E-state index in [1.165, 1.54) is 21.0 Å². The number of esters is 2. The molecule has 0 amide bonds. The lowest BCUT2D eigenvalue weighted by Crippen LogP contribution is -2.23. The van der Waals surface area contributed by atoms with Crippen LogP contribution in [0.5, 0.6) is 28.7 Å². The first-order valence-corrected chi connectivity index (χ1v) is 8.49. The van der Waals surface area contributed by atoms with Crippen LogP contribution < -0.4 is 23.7 Å². The molecule has 2 heterocycles. The van der Waals surface area contributed by atoms with Crippen LogP contribution in [0.3, 0.4) is 0 Å². The van der Waals surface area contributed by atoms with E-state index in [0.29, 0.717) is 29.6 Å². The summed E-state index contributed by atoms with van der Waals surface area (Å²) in [5.41, 5.74) is 1.73. The Morgan fingerprint density at radius 3 is 2.48 bits per heavy atom. The Labute approximate surface area is 155 Å². The van der Waals surface area contributed by atoms with E-state index in [0.717, 1.165) is 11.1 Å². The third-order valence-corrected chi connectivity index (χ3v) is 4.55. The molecular weight excluding hydrogens is 352 g/mol. The Morgan fingerprint density at radius 2 is 1.78 bits per heavy atom. The molecule has 0 spiro atoms. The van der Waals surface area contributed by atoms with Crippen LogP contribution in [0.25, 0.3) is 0 Å². The van der Waals surface area contributed by atoms with Crippen molar-refractivity contribution in [3.05, 3.63) is 41.5 Å². The molecule has 4 rings (SSSR count). The molecule has 7 heteroatoms. The predicted octanol–water partition coefficient (Wildman–Crippen LogP) is 3.16. The molecule has 0 bridgehead atoms. The van der Waals surface area contributed by atoms with Crippen LogP contribution in [0.1, 0.15) is 37.0 Å². The minimum absolute atomic E-state index is 0.0488. The summed E-state index contributed by atoms with van der Waals surface area (Å²) in [6.45, 7) is 3.06. The number of carbonyl (C=O) groups is 2. The van der Waals surface area contributed by atoms with Gasteiger partial charge < -0.3 is 23.7 Å². The molecule has 140 valence electrons. The molecule has 2 aliphatic heterocycles. The molecule has 0 N–H and O–H groups in total. The predicted molar refractivity (Wildman–Crippen MR) is 93.7 cm³/mol. The maximum Gasteiger partial charge on any atom is 0.308 e. The first kappa shape index (κ1) is 17.2. The topological polar surface area (TPSA) is 80.3 Å². The summed E-state index contributed by atoms with van der Waals surface area (Å²) in [5.74, 6) is 1.30. The van der Waals surface area contributed by atoms with Gasteiger partial charge in [-0.1, -0.05) is 6.07 Å². The number of methoxy groups -OCH3 is 1. The fourth-order valence-electron chi connectivity index (χ4n) is 3.49. The van der Waals surface area contributed by atoms with Crippen molar-refractivity contribution in [2.24, 2.45) is 0 Å². The lowest BCUT2D eigenvalue weighted by atomic mass is 9.89. The molecule has 0 radical (unpaired) electrons. The molecule has 2 aliphatic rings. The molecule has 0 saturated carbocycles. The van der Waals surface area contributed by atoms with Crippen LogP contribution in [0.4, 0.5) is 0 Å². The summed E-state index contributed by atoms with van der Waals surface area (Å²) < 4.78 is 27.8. The van der Waals surface area contributed by atoms with Gasteiger partial charge in [-0.2, -0.15) is 0 Å². The Kier molecular flexibility index (Phi) is 4.14. The van der Waals surface area contributed by atoms with Crippen molar-refractivity contribution in [1.82, 2.24) is 0 Å². The van der Waals surface area contributed by atoms with E-state index in [-0.39, 0.29) is 17.8 Å². The molecule has 2 aromatic rings. The number of fused-ring (bicyclic) bond motifs is 5. The number of hydrogen-bond donors (Lipinski definition) is 0. The SMILES string of the molecule is COc1ccc2c(c1OC(C)=O)OC1c3ccc(OC(C)=O)cc3OCC21. The first-order chi connectivity index (χ1) is 13.0. The summed E-state index contributed by atoms with van der Waals surface area (Å²) in [5, 5.41) is 0. The van der Waals surface area contributed by atoms with E-state index in [9.17, 15) is 9.59 Å². The average molecular weight is 370 g/mol. The second kappa shape index (κ2) is 6.50. The molecule has 2 unspecified atom stereocenters. The van der Waals surface area contributed by atoms with E-state index in [2.05, 4.69) is 0 Å². The van der Waals surface area contributed by atoms with Gasteiger partial charge in [0.1, 0.15) is 17.6 Å². The minimum Gasteiger partial charge on any atom is -0.493 e. The van der Waals surface area contributed by atoms with E-state index in [1.807, 2.05) is 12.1 Å². The highest BCUT2D eigenvalue weighted by atomic mass is 16.6. The average Bonchev–Trinajstić information content (AvgIpc) is 3.00.